The van der Waals surface area contributed by atoms with Crippen LogP contribution in [0.4, 0.5) is 0 Å². The number of hydrogen-bond acceptors (Lipinski definition) is 4. The molecule has 2 aliphatic rings. The van der Waals surface area contributed by atoms with Crippen LogP contribution in [0.2, 0.25) is 0 Å². The molecule has 0 spiro atoms. The molecule has 0 aliphatic carbocycles. The molecule has 0 unspecified atom stereocenters. The molecule has 122 valence electrons. The van der Waals surface area contributed by atoms with Crippen LogP contribution in [0.1, 0.15) is 37.3 Å². The van der Waals surface area contributed by atoms with Crippen molar-refractivity contribution in [2.75, 3.05) is 19.8 Å². The third kappa shape index (κ3) is 4.53. The van der Waals surface area contributed by atoms with Gasteiger partial charge in [0, 0.05) is 32.4 Å². The van der Waals surface area contributed by atoms with Crippen LogP contribution in [0.3, 0.4) is 0 Å². The topological polar surface area (TPSA) is 39.7 Å². The molecule has 1 aromatic carbocycles. The Morgan fingerprint density at radius 3 is 2.45 bits per heavy atom. The van der Waals surface area contributed by atoms with E-state index in [4.69, 9.17) is 14.2 Å². The lowest BCUT2D eigenvalue weighted by Gasteiger charge is -2.22. The Bertz CT molecular complexity index is 442. The van der Waals surface area contributed by atoms with Gasteiger partial charge in [-0.05, 0) is 37.3 Å². The summed E-state index contributed by atoms with van der Waals surface area (Å²) in [5, 5.41) is 3.58. The Balaban J connectivity index is 1.41. The normalized spacial score (nSPS) is 26.4. The minimum absolute atomic E-state index is 0.326. The van der Waals surface area contributed by atoms with Gasteiger partial charge in [0.1, 0.15) is 0 Å². The fraction of sp³-hybridized carbons (Fsp3) is 0.667. The molecular formula is C18H27NO3. The lowest BCUT2D eigenvalue weighted by Crippen LogP contribution is -2.34. The van der Waals surface area contributed by atoms with Crippen LogP contribution in [-0.2, 0) is 27.4 Å². The first-order chi connectivity index (χ1) is 10.8. The Hall–Kier alpha value is -0.940. The van der Waals surface area contributed by atoms with Crippen LogP contribution in [0.15, 0.2) is 24.3 Å². The second-order valence-corrected chi connectivity index (χ2v) is 6.29. The van der Waals surface area contributed by atoms with Crippen LogP contribution < -0.4 is 5.32 Å². The van der Waals surface area contributed by atoms with Crippen molar-refractivity contribution in [1.82, 2.24) is 5.32 Å². The number of hydrogen-bond donors (Lipinski definition) is 1. The lowest BCUT2D eigenvalue weighted by atomic mass is 10.1. The molecule has 0 radical (unpaired) electrons. The first-order valence-corrected chi connectivity index (χ1v) is 8.43. The largest absolute Gasteiger partial charge is 0.381 e. The van der Waals surface area contributed by atoms with Gasteiger partial charge >= 0.3 is 0 Å². The second kappa shape index (κ2) is 8.06. The van der Waals surface area contributed by atoms with E-state index in [0.717, 1.165) is 45.6 Å². The van der Waals surface area contributed by atoms with E-state index in [9.17, 15) is 0 Å². The molecule has 2 aliphatic heterocycles. The molecule has 4 nitrogen and oxygen atoms in total. The van der Waals surface area contributed by atoms with Crippen molar-refractivity contribution in [3.05, 3.63) is 35.4 Å². The quantitative estimate of drug-likeness (QED) is 0.877. The van der Waals surface area contributed by atoms with Crippen molar-refractivity contribution < 1.29 is 14.2 Å². The molecule has 2 heterocycles. The molecule has 2 atom stereocenters. The average Bonchev–Trinajstić information content (AvgIpc) is 2.98. The molecule has 1 aromatic rings. The zero-order valence-corrected chi connectivity index (χ0v) is 13.4. The van der Waals surface area contributed by atoms with Crippen molar-refractivity contribution in [3.63, 3.8) is 0 Å². The summed E-state index contributed by atoms with van der Waals surface area (Å²) < 4.78 is 16.9. The van der Waals surface area contributed by atoms with E-state index >= 15 is 0 Å². The van der Waals surface area contributed by atoms with Gasteiger partial charge in [0.25, 0.3) is 0 Å². The molecule has 1 N–H and O–H groups in total. The number of rotatable bonds is 6. The van der Waals surface area contributed by atoms with Gasteiger partial charge in [-0.15, -0.1) is 0 Å². The lowest BCUT2D eigenvalue weighted by molar-refractivity contribution is -0.0390. The molecule has 0 saturated carbocycles. The fourth-order valence-electron chi connectivity index (χ4n) is 3.06. The summed E-state index contributed by atoms with van der Waals surface area (Å²) in [6, 6.07) is 9.21. The highest BCUT2D eigenvalue weighted by atomic mass is 16.5. The maximum absolute atomic E-state index is 5.95. The standard InChI is InChI=1S/C18H27NO3/c1-14-18(8-11-21-14)19-12-15-2-4-16(5-3-15)13-22-17-6-9-20-10-7-17/h2-5,14,17-19H,6-13H2,1H3/t14-,18+/m0/s1. The molecule has 3 rings (SSSR count). The van der Waals surface area contributed by atoms with E-state index in [0.29, 0.717) is 24.9 Å². The van der Waals surface area contributed by atoms with Gasteiger partial charge < -0.3 is 19.5 Å². The summed E-state index contributed by atoms with van der Waals surface area (Å²) in [6.07, 6.45) is 3.83. The van der Waals surface area contributed by atoms with Gasteiger partial charge in [-0.3, -0.25) is 0 Å². The molecule has 0 bridgehead atoms. The third-order valence-electron chi connectivity index (χ3n) is 4.62. The van der Waals surface area contributed by atoms with Gasteiger partial charge in [0.15, 0.2) is 0 Å². The van der Waals surface area contributed by atoms with E-state index in [1.54, 1.807) is 0 Å². The van der Waals surface area contributed by atoms with E-state index < -0.39 is 0 Å². The van der Waals surface area contributed by atoms with Gasteiger partial charge in [-0.1, -0.05) is 24.3 Å². The van der Waals surface area contributed by atoms with E-state index in [1.165, 1.54) is 11.1 Å². The summed E-state index contributed by atoms with van der Waals surface area (Å²) in [6.45, 7) is 6.28. The number of benzene rings is 1. The maximum atomic E-state index is 5.95. The van der Waals surface area contributed by atoms with Crippen LogP contribution >= 0.6 is 0 Å². The minimum Gasteiger partial charge on any atom is -0.381 e. The number of ether oxygens (including phenoxy) is 3. The van der Waals surface area contributed by atoms with E-state index in [2.05, 4.69) is 36.5 Å². The number of nitrogens with one attached hydrogen (secondary N) is 1. The molecule has 2 fully saturated rings. The van der Waals surface area contributed by atoms with Crippen molar-refractivity contribution >= 4 is 0 Å². The third-order valence-corrected chi connectivity index (χ3v) is 4.62. The fourth-order valence-corrected chi connectivity index (χ4v) is 3.06. The zero-order chi connectivity index (χ0) is 15.2. The minimum atomic E-state index is 0.326. The molecular weight excluding hydrogens is 278 g/mol. The molecule has 2 saturated heterocycles. The van der Waals surface area contributed by atoms with Gasteiger partial charge in [0.2, 0.25) is 0 Å². The Labute approximate surface area is 133 Å². The highest BCUT2D eigenvalue weighted by molar-refractivity contribution is 5.22. The predicted molar refractivity (Wildman–Crippen MR) is 85.7 cm³/mol. The van der Waals surface area contributed by atoms with Crippen molar-refractivity contribution in [3.8, 4) is 0 Å². The van der Waals surface area contributed by atoms with Crippen molar-refractivity contribution in [2.24, 2.45) is 0 Å². The SMILES string of the molecule is C[C@@H]1OCC[C@H]1NCc1ccc(COC2CCOCC2)cc1. The summed E-state index contributed by atoms with van der Waals surface area (Å²) in [5.41, 5.74) is 2.56. The maximum Gasteiger partial charge on any atom is 0.0720 e. The molecule has 22 heavy (non-hydrogen) atoms. The van der Waals surface area contributed by atoms with E-state index in [1.807, 2.05) is 0 Å². The van der Waals surface area contributed by atoms with Gasteiger partial charge in [-0.25, -0.2) is 0 Å². The zero-order valence-electron chi connectivity index (χ0n) is 13.4. The van der Waals surface area contributed by atoms with Crippen LogP contribution in [-0.4, -0.2) is 38.1 Å². The summed E-state index contributed by atoms with van der Waals surface area (Å²) in [7, 11) is 0. The Morgan fingerprint density at radius 2 is 1.77 bits per heavy atom. The summed E-state index contributed by atoms with van der Waals surface area (Å²) in [4.78, 5) is 0. The highest BCUT2D eigenvalue weighted by Gasteiger charge is 2.23. The van der Waals surface area contributed by atoms with Crippen LogP contribution in [0.5, 0.6) is 0 Å². The molecule has 0 aromatic heterocycles. The van der Waals surface area contributed by atoms with Gasteiger partial charge in [-0.2, -0.15) is 0 Å². The Kier molecular flexibility index (Phi) is 5.84. The molecule has 4 heteroatoms. The van der Waals surface area contributed by atoms with E-state index in [-0.39, 0.29) is 0 Å². The van der Waals surface area contributed by atoms with Crippen molar-refractivity contribution in [1.29, 1.82) is 0 Å². The Morgan fingerprint density at radius 1 is 1.05 bits per heavy atom. The highest BCUT2D eigenvalue weighted by Crippen LogP contribution is 2.15. The second-order valence-electron chi connectivity index (χ2n) is 6.29. The van der Waals surface area contributed by atoms with Crippen LogP contribution in [0, 0.1) is 0 Å². The first-order valence-electron chi connectivity index (χ1n) is 8.43. The smallest absolute Gasteiger partial charge is 0.0720 e. The van der Waals surface area contributed by atoms with Crippen molar-refractivity contribution in [2.45, 2.75) is 57.6 Å². The first kappa shape index (κ1) is 15.9. The monoisotopic (exact) mass is 305 g/mol. The predicted octanol–water partition coefficient (Wildman–Crippen LogP) is 2.65. The van der Waals surface area contributed by atoms with Crippen LogP contribution in [0.25, 0.3) is 0 Å². The van der Waals surface area contributed by atoms with Gasteiger partial charge in [0.05, 0.1) is 18.8 Å². The summed E-state index contributed by atoms with van der Waals surface area (Å²) in [5.74, 6) is 0. The molecule has 0 amide bonds. The summed E-state index contributed by atoms with van der Waals surface area (Å²) >= 11 is 0. The average molecular weight is 305 g/mol.